The van der Waals surface area contributed by atoms with Crippen LogP contribution in [0, 0.1) is 0 Å². The molecule has 0 saturated carbocycles. The minimum Gasteiger partial charge on any atom is -0.489 e. The van der Waals surface area contributed by atoms with Gasteiger partial charge >= 0.3 is 0 Å². The van der Waals surface area contributed by atoms with Crippen LogP contribution >= 0.6 is 0 Å². The molecule has 0 spiro atoms. The van der Waals surface area contributed by atoms with Crippen molar-refractivity contribution in [3.05, 3.63) is 71.8 Å². The molecule has 1 aliphatic rings. The van der Waals surface area contributed by atoms with E-state index in [0.29, 0.717) is 13.2 Å². The molecule has 2 aromatic rings. The van der Waals surface area contributed by atoms with Gasteiger partial charge in [0.2, 0.25) is 5.91 Å². The number of rotatable bonds is 9. The lowest BCUT2D eigenvalue weighted by Gasteiger charge is -2.13. The average Bonchev–Trinajstić information content (AvgIpc) is 2.72. The summed E-state index contributed by atoms with van der Waals surface area (Å²) in [6.07, 6.45) is 8.44. The van der Waals surface area contributed by atoms with Gasteiger partial charge in [0.25, 0.3) is 0 Å². The number of nitrogens with one attached hydrogen (secondary N) is 2. The molecule has 27 heavy (non-hydrogen) atoms. The van der Waals surface area contributed by atoms with Crippen molar-refractivity contribution >= 4 is 11.6 Å². The number of hydrogen-bond acceptors (Lipinski definition) is 3. The summed E-state index contributed by atoms with van der Waals surface area (Å²) in [5, 5.41) is 6.13. The normalized spacial score (nSPS) is 13.7. The van der Waals surface area contributed by atoms with E-state index in [-0.39, 0.29) is 5.91 Å². The van der Waals surface area contributed by atoms with Gasteiger partial charge in [-0.25, -0.2) is 0 Å². The molecule has 4 heteroatoms. The van der Waals surface area contributed by atoms with E-state index in [4.69, 9.17) is 4.74 Å². The van der Waals surface area contributed by atoms with Crippen molar-refractivity contribution < 1.29 is 9.53 Å². The van der Waals surface area contributed by atoms with Gasteiger partial charge in [-0.15, -0.1) is 0 Å². The van der Waals surface area contributed by atoms with Crippen LogP contribution in [0.5, 0.6) is 5.75 Å². The van der Waals surface area contributed by atoms with Gasteiger partial charge in [0.05, 0.1) is 6.54 Å². The molecule has 0 fully saturated rings. The maximum atomic E-state index is 12.0. The molecular weight excluding hydrogens is 336 g/mol. The first-order valence-electron chi connectivity index (χ1n) is 9.75. The molecule has 0 saturated heterocycles. The second kappa shape index (κ2) is 10.5. The van der Waals surface area contributed by atoms with Crippen LogP contribution in [-0.2, 0) is 11.4 Å². The van der Waals surface area contributed by atoms with Crippen molar-refractivity contribution in [2.24, 2.45) is 0 Å². The maximum absolute atomic E-state index is 12.0. The summed E-state index contributed by atoms with van der Waals surface area (Å²) in [6.45, 7) is 1.72. The first-order chi connectivity index (χ1) is 13.3. The lowest BCUT2D eigenvalue weighted by molar-refractivity contribution is -0.115. The van der Waals surface area contributed by atoms with Gasteiger partial charge in [-0.1, -0.05) is 42.0 Å². The number of hydrogen-bond donors (Lipinski definition) is 2. The Bertz CT molecular complexity index is 739. The van der Waals surface area contributed by atoms with E-state index < -0.39 is 0 Å². The third-order valence-electron chi connectivity index (χ3n) is 4.68. The highest BCUT2D eigenvalue weighted by atomic mass is 16.5. The van der Waals surface area contributed by atoms with Crippen LogP contribution in [0.4, 0.5) is 5.69 Å². The Balaban J connectivity index is 1.34. The van der Waals surface area contributed by atoms with E-state index >= 15 is 0 Å². The predicted molar refractivity (Wildman–Crippen MR) is 110 cm³/mol. The summed E-state index contributed by atoms with van der Waals surface area (Å²) in [5.41, 5.74) is 3.44. The molecule has 0 bridgehead atoms. The van der Waals surface area contributed by atoms with Gasteiger partial charge in [-0.05, 0) is 68.5 Å². The van der Waals surface area contributed by atoms with Gasteiger partial charge in [0, 0.05) is 5.69 Å². The highest BCUT2D eigenvalue weighted by Gasteiger charge is 2.05. The zero-order chi connectivity index (χ0) is 18.7. The summed E-state index contributed by atoms with van der Waals surface area (Å²) in [5.74, 6) is 0.765. The van der Waals surface area contributed by atoms with Crippen molar-refractivity contribution in [3.8, 4) is 5.75 Å². The van der Waals surface area contributed by atoms with Crippen LogP contribution in [0.1, 0.15) is 37.7 Å². The van der Waals surface area contributed by atoms with Crippen LogP contribution in [-0.4, -0.2) is 19.0 Å². The van der Waals surface area contributed by atoms with Gasteiger partial charge in [0.1, 0.15) is 12.4 Å². The lowest BCUT2D eigenvalue weighted by atomic mass is 9.97. The highest BCUT2D eigenvalue weighted by molar-refractivity contribution is 5.92. The summed E-state index contributed by atoms with van der Waals surface area (Å²) in [6, 6.07) is 17.5. The predicted octanol–water partition coefficient (Wildman–Crippen LogP) is 4.68. The third-order valence-corrected chi connectivity index (χ3v) is 4.68. The molecule has 2 aromatic carbocycles. The van der Waals surface area contributed by atoms with Crippen molar-refractivity contribution in [1.82, 2.24) is 5.32 Å². The zero-order valence-corrected chi connectivity index (χ0v) is 15.7. The molecular formula is C23H28N2O2. The van der Waals surface area contributed by atoms with Crippen LogP contribution < -0.4 is 15.4 Å². The smallest absolute Gasteiger partial charge is 0.238 e. The Hall–Kier alpha value is -2.59. The highest BCUT2D eigenvalue weighted by Crippen LogP contribution is 2.19. The fourth-order valence-electron chi connectivity index (χ4n) is 3.16. The molecule has 0 unspecified atom stereocenters. The topological polar surface area (TPSA) is 50.4 Å². The van der Waals surface area contributed by atoms with E-state index in [0.717, 1.165) is 30.0 Å². The minimum atomic E-state index is -0.0226. The Morgan fingerprint density at radius 1 is 1.00 bits per heavy atom. The summed E-state index contributed by atoms with van der Waals surface area (Å²) >= 11 is 0. The fraction of sp³-hybridized carbons (Fsp3) is 0.348. The minimum absolute atomic E-state index is 0.0226. The van der Waals surface area contributed by atoms with E-state index in [2.05, 4.69) is 16.7 Å². The second-order valence-electron chi connectivity index (χ2n) is 6.88. The van der Waals surface area contributed by atoms with Crippen LogP contribution in [0.2, 0.25) is 0 Å². The SMILES string of the molecule is O=C(CNCCC1=CCCCC1)Nc1ccc(OCc2ccccc2)cc1. The first-order valence-corrected chi connectivity index (χ1v) is 9.75. The number of ether oxygens (including phenoxy) is 1. The number of anilines is 1. The lowest BCUT2D eigenvalue weighted by Crippen LogP contribution is -2.29. The number of allylic oxidation sites excluding steroid dienone is 1. The molecule has 2 N–H and O–H groups in total. The fourth-order valence-corrected chi connectivity index (χ4v) is 3.16. The summed E-state index contributed by atoms with van der Waals surface area (Å²) in [7, 11) is 0. The Morgan fingerprint density at radius 3 is 2.56 bits per heavy atom. The standard InChI is InChI=1S/C23H28N2O2/c26-23(17-24-16-15-19-7-3-1-4-8-19)25-21-11-13-22(14-12-21)27-18-20-9-5-2-6-10-20/h2,5-7,9-14,24H,1,3-4,8,15-18H2,(H,25,26). The quantitative estimate of drug-likeness (QED) is 0.501. The molecule has 1 aliphatic carbocycles. The van der Waals surface area contributed by atoms with Crippen molar-refractivity contribution in [2.75, 3.05) is 18.4 Å². The van der Waals surface area contributed by atoms with E-state index in [1.54, 1.807) is 0 Å². The number of amides is 1. The molecule has 1 amide bonds. The zero-order valence-electron chi connectivity index (χ0n) is 15.7. The average molecular weight is 364 g/mol. The first kappa shape index (κ1) is 19.2. The maximum Gasteiger partial charge on any atom is 0.238 e. The molecule has 3 rings (SSSR count). The molecule has 0 aliphatic heterocycles. The van der Waals surface area contributed by atoms with E-state index in [1.807, 2.05) is 54.6 Å². The largest absolute Gasteiger partial charge is 0.489 e. The van der Waals surface area contributed by atoms with Gasteiger partial charge in [-0.3, -0.25) is 4.79 Å². The van der Waals surface area contributed by atoms with Gasteiger partial charge < -0.3 is 15.4 Å². The van der Waals surface area contributed by atoms with Crippen LogP contribution in [0.15, 0.2) is 66.2 Å². The van der Waals surface area contributed by atoms with E-state index in [1.165, 1.54) is 31.3 Å². The summed E-state index contributed by atoms with van der Waals surface area (Å²) < 4.78 is 5.76. The second-order valence-corrected chi connectivity index (χ2v) is 6.88. The Labute approximate surface area is 161 Å². The molecule has 0 atom stereocenters. The molecule has 142 valence electrons. The Morgan fingerprint density at radius 2 is 1.81 bits per heavy atom. The number of carbonyl (C=O) groups is 1. The van der Waals surface area contributed by atoms with Gasteiger partial charge in [0.15, 0.2) is 0 Å². The monoisotopic (exact) mass is 364 g/mol. The van der Waals surface area contributed by atoms with E-state index in [9.17, 15) is 4.79 Å². The van der Waals surface area contributed by atoms with Crippen molar-refractivity contribution in [3.63, 3.8) is 0 Å². The van der Waals surface area contributed by atoms with Crippen molar-refractivity contribution in [1.29, 1.82) is 0 Å². The number of benzene rings is 2. The molecule has 0 radical (unpaired) electrons. The van der Waals surface area contributed by atoms with Crippen LogP contribution in [0.25, 0.3) is 0 Å². The molecule has 0 heterocycles. The molecule has 4 nitrogen and oxygen atoms in total. The van der Waals surface area contributed by atoms with Crippen LogP contribution in [0.3, 0.4) is 0 Å². The third kappa shape index (κ3) is 6.91. The number of carbonyl (C=O) groups excluding carboxylic acids is 1. The summed E-state index contributed by atoms with van der Waals surface area (Å²) in [4.78, 5) is 12.0. The van der Waals surface area contributed by atoms with Gasteiger partial charge in [-0.2, -0.15) is 0 Å². The van der Waals surface area contributed by atoms with Crippen molar-refractivity contribution in [2.45, 2.75) is 38.7 Å². The molecule has 0 aromatic heterocycles. The Kier molecular flexibility index (Phi) is 7.48.